The van der Waals surface area contributed by atoms with Gasteiger partial charge in [-0.15, -0.1) is 0 Å². The van der Waals surface area contributed by atoms with Gasteiger partial charge in [-0.2, -0.15) is 0 Å². The van der Waals surface area contributed by atoms with Crippen molar-refractivity contribution in [2.75, 3.05) is 7.11 Å². The average Bonchev–Trinajstić information content (AvgIpc) is 2.39. The Balaban J connectivity index is 2.52. The lowest BCUT2D eigenvalue weighted by molar-refractivity contribution is -0.710. The lowest BCUT2D eigenvalue weighted by Gasteiger charge is -2.16. The number of nitrogens with one attached hydrogen (secondary N) is 1. The number of rotatable bonds is 4. The summed E-state index contributed by atoms with van der Waals surface area (Å²) in [5.74, 6) is -0.357. The monoisotopic (exact) mass is 251 g/mol. The van der Waals surface area contributed by atoms with Crippen LogP contribution in [0.1, 0.15) is 25.5 Å². The molecule has 3 N–H and O–H groups in total. The van der Waals surface area contributed by atoms with Crippen LogP contribution >= 0.6 is 0 Å². The van der Waals surface area contributed by atoms with E-state index < -0.39 is 6.09 Å². The van der Waals surface area contributed by atoms with Gasteiger partial charge in [0.15, 0.2) is 6.04 Å². The third-order valence-corrected chi connectivity index (χ3v) is 2.73. The molecule has 18 heavy (non-hydrogen) atoms. The van der Waals surface area contributed by atoms with E-state index in [1.165, 1.54) is 7.11 Å². The number of amides is 2. The molecule has 0 aliphatic rings. The van der Waals surface area contributed by atoms with Crippen molar-refractivity contribution in [3.05, 3.63) is 35.9 Å². The molecule has 2 amide bonds. The van der Waals surface area contributed by atoms with E-state index in [2.05, 4.69) is 10.1 Å². The number of quaternary nitrogens is 1. The van der Waals surface area contributed by atoms with E-state index in [1.807, 2.05) is 42.6 Å². The van der Waals surface area contributed by atoms with Crippen LogP contribution in [0.25, 0.3) is 0 Å². The number of methoxy groups -OCH3 is 1. The molecule has 0 aliphatic heterocycles. The Labute approximate surface area is 107 Å². The number of hydrogen-bond donors (Lipinski definition) is 2. The summed E-state index contributed by atoms with van der Waals surface area (Å²) in [6.45, 7) is 3.76. The molecule has 5 heteroatoms. The highest BCUT2D eigenvalue weighted by Crippen LogP contribution is 2.06. The van der Waals surface area contributed by atoms with Crippen LogP contribution in [0.4, 0.5) is 4.79 Å². The van der Waals surface area contributed by atoms with Gasteiger partial charge in [0.1, 0.15) is 6.04 Å². The van der Waals surface area contributed by atoms with E-state index in [9.17, 15) is 9.59 Å². The summed E-state index contributed by atoms with van der Waals surface area (Å²) in [5, 5.41) is 4.05. The molecule has 1 aromatic carbocycles. The first kappa shape index (κ1) is 14.2. The van der Waals surface area contributed by atoms with Gasteiger partial charge in [-0.05, 0) is 13.8 Å². The Morgan fingerprint density at radius 1 is 1.22 bits per heavy atom. The Kier molecular flexibility index (Phi) is 5.32. The molecule has 0 spiro atoms. The lowest BCUT2D eigenvalue weighted by atomic mass is 10.1. The van der Waals surface area contributed by atoms with Crippen molar-refractivity contribution in [3.63, 3.8) is 0 Å². The van der Waals surface area contributed by atoms with Crippen molar-refractivity contribution < 1.29 is 19.6 Å². The Bertz CT molecular complexity index is 406. The molecule has 0 aromatic heterocycles. The zero-order chi connectivity index (χ0) is 13.5. The van der Waals surface area contributed by atoms with Crippen LogP contribution in [0, 0.1) is 0 Å². The first-order valence-corrected chi connectivity index (χ1v) is 5.83. The first-order valence-electron chi connectivity index (χ1n) is 5.83. The molecule has 0 saturated carbocycles. The smallest absolute Gasteiger partial charge is 0.413 e. The number of carbonyl (C=O) groups is 2. The predicted octanol–water partition coefficient (Wildman–Crippen LogP) is 0.582. The van der Waals surface area contributed by atoms with Gasteiger partial charge < -0.3 is 10.1 Å². The van der Waals surface area contributed by atoms with E-state index in [0.717, 1.165) is 5.56 Å². The maximum Gasteiger partial charge on any atom is 0.413 e. The molecule has 0 fully saturated rings. The fourth-order valence-electron chi connectivity index (χ4n) is 1.65. The molecule has 0 bridgehead atoms. The highest BCUT2D eigenvalue weighted by Gasteiger charge is 2.21. The summed E-state index contributed by atoms with van der Waals surface area (Å²) >= 11 is 0. The third kappa shape index (κ3) is 4.18. The zero-order valence-corrected chi connectivity index (χ0v) is 10.8. The predicted molar refractivity (Wildman–Crippen MR) is 66.8 cm³/mol. The van der Waals surface area contributed by atoms with E-state index in [1.54, 1.807) is 6.92 Å². The van der Waals surface area contributed by atoms with Gasteiger partial charge in [-0.25, -0.2) is 4.79 Å². The van der Waals surface area contributed by atoms with Crippen LogP contribution in [0.15, 0.2) is 30.3 Å². The molecule has 0 radical (unpaired) electrons. The van der Waals surface area contributed by atoms with Crippen LogP contribution in [0.5, 0.6) is 0 Å². The first-order chi connectivity index (χ1) is 8.54. The van der Waals surface area contributed by atoms with Gasteiger partial charge >= 0.3 is 6.09 Å². The quantitative estimate of drug-likeness (QED) is 0.822. The number of nitrogens with two attached hydrogens (primary N) is 1. The lowest BCUT2D eigenvalue weighted by Crippen LogP contribution is -2.92. The minimum absolute atomic E-state index is 0.143. The Hall–Kier alpha value is -1.88. The standard InChI is InChI=1S/C13H18N2O3/c1-9(11-7-5-4-6-8-11)14-10(2)12(16)15-13(17)18-3/h4-10,14H,1-3H3,(H,15,16,17)/p+1/t9-,10+/m1/s1. The number of ether oxygens (including phenoxy) is 1. The van der Waals surface area contributed by atoms with Gasteiger partial charge in [0, 0.05) is 5.56 Å². The van der Waals surface area contributed by atoms with E-state index >= 15 is 0 Å². The second kappa shape index (κ2) is 6.76. The fraction of sp³-hybridized carbons (Fsp3) is 0.385. The van der Waals surface area contributed by atoms with Crippen LogP contribution in [0.3, 0.4) is 0 Å². The molecule has 0 unspecified atom stereocenters. The SMILES string of the molecule is COC(=O)NC(=O)[C@H](C)[NH2+][C@H](C)c1ccccc1. The third-order valence-electron chi connectivity index (χ3n) is 2.73. The Morgan fingerprint density at radius 2 is 1.83 bits per heavy atom. The van der Waals surface area contributed by atoms with Crippen molar-refractivity contribution in [2.45, 2.75) is 25.9 Å². The topological polar surface area (TPSA) is 72.0 Å². The molecule has 0 saturated heterocycles. The molecule has 1 rings (SSSR count). The van der Waals surface area contributed by atoms with Crippen LogP contribution < -0.4 is 10.6 Å². The van der Waals surface area contributed by atoms with Gasteiger partial charge in [0.05, 0.1) is 7.11 Å². The van der Waals surface area contributed by atoms with E-state index in [-0.39, 0.29) is 18.0 Å². The second-order valence-electron chi connectivity index (χ2n) is 4.16. The summed E-state index contributed by atoms with van der Waals surface area (Å²) < 4.78 is 4.38. The van der Waals surface area contributed by atoms with E-state index in [4.69, 9.17) is 0 Å². The van der Waals surface area contributed by atoms with Crippen molar-refractivity contribution in [3.8, 4) is 0 Å². The second-order valence-corrected chi connectivity index (χ2v) is 4.16. The molecular formula is C13H19N2O3+. The van der Waals surface area contributed by atoms with Crippen LogP contribution in [0.2, 0.25) is 0 Å². The summed E-state index contributed by atoms with van der Waals surface area (Å²) in [5.41, 5.74) is 1.13. The maximum absolute atomic E-state index is 11.6. The molecule has 1 aromatic rings. The zero-order valence-electron chi connectivity index (χ0n) is 10.8. The number of hydrogen-bond acceptors (Lipinski definition) is 3. The van der Waals surface area contributed by atoms with Gasteiger partial charge in [-0.3, -0.25) is 10.1 Å². The molecule has 2 atom stereocenters. The molecule has 0 heterocycles. The summed E-state index contributed by atoms with van der Waals surface area (Å²) in [7, 11) is 1.23. The number of carbonyl (C=O) groups excluding carboxylic acids is 2. The van der Waals surface area contributed by atoms with Crippen LogP contribution in [-0.2, 0) is 9.53 Å². The number of imide groups is 1. The minimum Gasteiger partial charge on any atom is -0.453 e. The summed E-state index contributed by atoms with van der Waals surface area (Å²) in [4.78, 5) is 22.6. The highest BCUT2D eigenvalue weighted by atomic mass is 16.5. The maximum atomic E-state index is 11.6. The fourth-order valence-corrected chi connectivity index (χ4v) is 1.65. The summed E-state index contributed by atoms with van der Waals surface area (Å²) in [6.07, 6.45) is -0.729. The molecule has 98 valence electrons. The van der Waals surface area contributed by atoms with Crippen LogP contribution in [-0.4, -0.2) is 25.2 Å². The highest BCUT2D eigenvalue weighted by molar-refractivity contribution is 5.93. The normalized spacial score (nSPS) is 13.5. The van der Waals surface area contributed by atoms with Gasteiger partial charge in [0.25, 0.3) is 5.91 Å². The average molecular weight is 251 g/mol. The minimum atomic E-state index is -0.729. The van der Waals surface area contributed by atoms with Crippen molar-refractivity contribution in [1.82, 2.24) is 5.32 Å². The molecule has 0 aliphatic carbocycles. The van der Waals surface area contributed by atoms with Gasteiger partial charge in [0.2, 0.25) is 0 Å². The molecule has 5 nitrogen and oxygen atoms in total. The van der Waals surface area contributed by atoms with Gasteiger partial charge in [-0.1, -0.05) is 30.3 Å². The number of benzene rings is 1. The van der Waals surface area contributed by atoms with E-state index in [0.29, 0.717) is 0 Å². The number of alkyl carbamates (subject to hydrolysis) is 1. The van der Waals surface area contributed by atoms with Crippen molar-refractivity contribution in [2.24, 2.45) is 0 Å². The Morgan fingerprint density at radius 3 is 2.39 bits per heavy atom. The molecular weight excluding hydrogens is 232 g/mol. The summed E-state index contributed by atoms with van der Waals surface area (Å²) in [6, 6.07) is 9.66. The largest absolute Gasteiger partial charge is 0.453 e. The van der Waals surface area contributed by atoms with Crippen molar-refractivity contribution in [1.29, 1.82) is 0 Å². The van der Waals surface area contributed by atoms with Crippen molar-refractivity contribution >= 4 is 12.0 Å².